The van der Waals surface area contributed by atoms with Crippen LogP contribution in [0.1, 0.15) is 0 Å². The van der Waals surface area contributed by atoms with E-state index in [1.54, 1.807) is 0 Å². The minimum absolute atomic E-state index is 0.850. The van der Waals surface area contributed by atoms with Crippen LogP contribution in [0.2, 0.25) is 0 Å². The number of benzene rings is 9. The predicted molar refractivity (Wildman–Crippen MR) is 248 cm³/mol. The van der Waals surface area contributed by atoms with Gasteiger partial charge in [-0.25, -0.2) is 0 Å². The molecule has 0 aliphatic heterocycles. The van der Waals surface area contributed by atoms with Gasteiger partial charge in [0.2, 0.25) is 5.71 Å². The molecule has 0 N–H and O–H groups in total. The summed E-state index contributed by atoms with van der Waals surface area (Å²) in [5.41, 5.74) is 17.9. The summed E-state index contributed by atoms with van der Waals surface area (Å²) in [6, 6.07) is 77.3. The van der Waals surface area contributed by atoms with E-state index in [0.717, 1.165) is 89.1 Å². The molecule has 0 unspecified atom stereocenters. The van der Waals surface area contributed by atoms with E-state index < -0.39 is 0 Å². The molecule has 0 amide bonds. The standard InChI is InChI=1S/C56H36N2O2/c1-3-14-37(15-4-1)44-18-7-8-19-45(44)38-26-30-41(31-27-38)57(43-34-35-48-47-20-10-12-24-51(47)59-53(48)36-43)42-32-28-39(29-33-42)46-22-13-25-52-55(46)58-50-23-11-9-21-49(50)54(56(58)60-52)40-16-5-2-6-17-40/h1-36H. The lowest BCUT2D eigenvalue weighted by Gasteiger charge is -2.26. The van der Waals surface area contributed by atoms with Crippen LogP contribution in [-0.2, 0) is 0 Å². The molecule has 0 saturated heterocycles. The number of oxazole rings is 1. The highest BCUT2D eigenvalue weighted by molar-refractivity contribution is 6.09. The summed E-state index contributed by atoms with van der Waals surface area (Å²) in [6.45, 7) is 0. The molecule has 0 aliphatic rings. The summed E-state index contributed by atoms with van der Waals surface area (Å²) in [7, 11) is 0. The SMILES string of the molecule is c1ccc(-c2ccccc2-c2ccc(N(c3ccc(-c4cccc5oc6c(-c7ccccc7)c7ccccc7n6c45)cc3)c3ccc4c(c3)oc3ccccc34)cc2)cc1. The summed E-state index contributed by atoms with van der Waals surface area (Å²) < 4.78 is 15.4. The van der Waals surface area contributed by atoms with Crippen molar-refractivity contribution in [1.82, 2.24) is 4.40 Å². The van der Waals surface area contributed by atoms with Crippen LogP contribution in [0.5, 0.6) is 0 Å². The monoisotopic (exact) mass is 768 g/mol. The zero-order valence-corrected chi connectivity index (χ0v) is 32.5. The van der Waals surface area contributed by atoms with Gasteiger partial charge >= 0.3 is 0 Å². The Kier molecular flexibility index (Phi) is 7.82. The average Bonchev–Trinajstić information content (AvgIpc) is 3.99. The van der Waals surface area contributed by atoms with Gasteiger partial charge in [0.05, 0.1) is 16.6 Å². The number of anilines is 3. The van der Waals surface area contributed by atoms with E-state index in [-0.39, 0.29) is 0 Å². The fourth-order valence-electron chi connectivity index (χ4n) is 9.08. The molecule has 0 atom stereocenters. The molecule has 282 valence electrons. The Morgan fingerprint density at radius 2 is 0.850 bits per heavy atom. The Morgan fingerprint density at radius 3 is 1.57 bits per heavy atom. The van der Waals surface area contributed by atoms with Crippen molar-refractivity contribution < 1.29 is 8.83 Å². The number of rotatable bonds is 7. The fraction of sp³-hybridized carbons (Fsp3) is 0. The van der Waals surface area contributed by atoms with Crippen LogP contribution in [0.3, 0.4) is 0 Å². The third-order valence-electron chi connectivity index (χ3n) is 11.8. The molecule has 0 saturated carbocycles. The van der Waals surface area contributed by atoms with Crippen molar-refractivity contribution in [2.24, 2.45) is 0 Å². The second-order valence-electron chi connectivity index (χ2n) is 15.3. The normalized spacial score (nSPS) is 11.7. The van der Waals surface area contributed by atoms with Gasteiger partial charge < -0.3 is 13.7 Å². The van der Waals surface area contributed by atoms with Gasteiger partial charge in [-0.2, -0.15) is 0 Å². The summed E-state index contributed by atoms with van der Waals surface area (Å²) in [5.74, 6) is 0. The van der Waals surface area contributed by atoms with Gasteiger partial charge in [0, 0.05) is 44.9 Å². The zero-order valence-electron chi connectivity index (χ0n) is 32.5. The van der Waals surface area contributed by atoms with E-state index in [4.69, 9.17) is 8.83 Å². The highest BCUT2D eigenvalue weighted by Gasteiger charge is 2.22. The molecule has 3 heterocycles. The molecule has 0 bridgehead atoms. The van der Waals surface area contributed by atoms with Gasteiger partial charge in [0.25, 0.3) is 0 Å². The Balaban J connectivity index is 0.990. The molecule has 12 aromatic rings. The molecule has 9 aromatic carbocycles. The quantitative estimate of drug-likeness (QED) is 0.162. The van der Waals surface area contributed by atoms with Crippen molar-refractivity contribution in [2.75, 3.05) is 4.90 Å². The number of hydrogen-bond acceptors (Lipinski definition) is 3. The number of para-hydroxylation sites is 3. The van der Waals surface area contributed by atoms with Crippen LogP contribution in [0, 0.1) is 0 Å². The van der Waals surface area contributed by atoms with E-state index in [9.17, 15) is 0 Å². The first-order valence-electron chi connectivity index (χ1n) is 20.3. The van der Waals surface area contributed by atoms with Gasteiger partial charge in [0.15, 0.2) is 5.58 Å². The predicted octanol–water partition coefficient (Wildman–Crippen LogP) is 15.9. The summed E-state index contributed by atoms with van der Waals surface area (Å²) >= 11 is 0. The number of aromatic nitrogens is 1. The molecular weight excluding hydrogens is 733 g/mol. The second kappa shape index (κ2) is 13.8. The Labute approximate surface area is 346 Å². The van der Waals surface area contributed by atoms with Crippen LogP contribution < -0.4 is 4.90 Å². The molecule has 4 heteroatoms. The van der Waals surface area contributed by atoms with Crippen LogP contribution in [0.4, 0.5) is 17.1 Å². The maximum Gasteiger partial charge on any atom is 0.213 e. The van der Waals surface area contributed by atoms with Crippen molar-refractivity contribution in [3.8, 4) is 44.5 Å². The Morgan fingerprint density at radius 1 is 0.333 bits per heavy atom. The van der Waals surface area contributed by atoms with Crippen LogP contribution >= 0.6 is 0 Å². The minimum Gasteiger partial charge on any atom is -0.456 e. The van der Waals surface area contributed by atoms with Gasteiger partial charge in [-0.3, -0.25) is 4.40 Å². The molecule has 3 aromatic heterocycles. The first-order chi connectivity index (χ1) is 29.8. The topological polar surface area (TPSA) is 33.9 Å². The molecule has 0 fully saturated rings. The highest BCUT2D eigenvalue weighted by Crippen LogP contribution is 2.44. The number of nitrogens with zero attached hydrogens (tertiary/aromatic N) is 2. The van der Waals surface area contributed by atoms with Crippen molar-refractivity contribution >= 4 is 66.7 Å². The third-order valence-corrected chi connectivity index (χ3v) is 11.8. The minimum atomic E-state index is 0.850. The number of fused-ring (bicyclic) bond motifs is 8. The van der Waals surface area contributed by atoms with Crippen molar-refractivity contribution in [2.45, 2.75) is 0 Å². The summed E-state index contributed by atoms with van der Waals surface area (Å²) in [5, 5.41) is 3.39. The van der Waals surface area contributed by atoms with E-state index in [1.807, 2.05) is 12.1 Å². The van der Waals surface area contributed by atoms with Crippen molar-refractivity contribution in [3.63, 3.8) is 0 Å². The van der Waals surface area contributed by atoms with Gasteiger partial charge in [0.1, 0.15) is 11.2 Å². The van der Waals surface area contributed by atoms with E-state index in [2.05, 4.69) is 216 Å². The molecule has 0 aliphatic carbocycles. The zero-order chi connectivity index (χ0) is 39.6. The first kappa shape index (κ1) is 34.0. The van der Waals surface area contributed by atoms with Crippen LogP contribution in [0.25, 0.3) is 94.2 Å². The molecular formula is C56H36N2O2. The maximum atomic E-state index is 6.74. The van der Waals surface area contributed by atoms with E-state index >= 15 is 0 Å². The van der Waals surface area contributed by atoms with Crippen LogP contribution in [0.15, 0.2) is 227 Å². The maximum absolute atomic E-state index is 6.74. The molecule has 60 heavy (non-hydrogen) atoms. The number of furan rings is 1. The average molecular weight is 769 g/mol. The first-order valence-corrected chi connectivity index (χ1v) is 20.3. The van der Waals surface area contributed by atoms with Crippen LogP contribution in [-0.4, -0.2) is 4.40 Å². The van der Waals surface area contributed by atoms with Crippen molar-refractivity contribution in [3.05, 3.63) is 218 Å². The fourth-order valence-corrected chi connectivity index (χ4v) is 9.08. The van der Waals surface area contributed by atoms with Crippen molar-refractivity contribution in [1.29, 1.82) is 0 Å². The smallest absolute Gasteiger partial charge is 0.213 e. The number of hydrogen-bond donors (Lipinski definition) is 0. The second-order valence-corrected chi connectivity index (χ2v) is 15.3. The molecule has 4 nitrogen and oxygen atoms in total. The molecule has 12 rings (SSSR count). The third kappa shape index (κ3) is 5.46. The lowest BCUT2D eigenvalue weighted by molar-refractivity contribution is 0.658. The van der Waals surface area contributed by atoms with Gasteiger partial charge in [-0.15, -0.1) is 0 Å². The Bertz CT molecular complexity index is 3520. The lowest BCUT2D eigenvalue weighted by Crippen LogP contribution is -2.09. The lowest BCUT2D eigenvalue weighted by atomic mass is 9.94. The highest BCUT2D eigenvalue weighted by atomic mass is 16.3. The summed E-state index contributed by atoms with van der Waals surface area (Å²) in [4.78, 5) is 2.31. The van der Waals surface area contributed by atoms with Gasteiger partial charge in [-0.1, -0.05) is 158 Å². The molecule has 0 radical (unpaired) electrons. The van der Waals surface area contributed by atoms with E-state index in [0.29, 0.717) is 0 Å². The van der Waals surface area contributed by atoms with E-state index in [1.165, 1.54) is 22.1 Å². The molecule has 0 spiro atoms. The Hall–Kier alpha value is -8.08. The summed E-state index contributed by atoms with van der Waals surface area (Å²) in [6.07, 6.45) is 0. The largest absolute Gasteiger partial charge is 0.456 e. The van der Waals surface area contributed by atoms with Gasteiger partial charge in [-0.05, 0) is 88.0 Å².